The summed E-state index contributed by atoms with van der Waals surface area (Å²) in [6.07, 6.45) is 0. The Hall–Kier alpha value is -2.35. The van der Waals surface area contributed by atoms with Gasteiger partial charge in [-0.15, -0.1) is 0 Å². The number of nitro benzene ring substituents is 1. The second-order valence-corrected chi connectivity index (χ2v) is 4.73. The smallest absolute Gasteiger partial charge is 0.293 e. The Morgan fingerprint density at radius 3 is 2.71 bits per heavy atom. The quantitative estimate of drug-likeness (QED) is 0.259. The van der Waals surface area contributed by atoms with Crippen molar-refractivity contribution in [1.82, 2.24) is 0 Å². The highest BCUT2D eigenvalue weighted by Gasteiger charge is 2.22. The third-order valence-corrected chi connectivity index (χ3v) is 3.04. The monoisotopic (exact) mass is 296 g/mol. The fourth-order valence-corrected chi connectivity index (χ4v) is 1.98. The number of nitro groups is 1. The second-order valence-electron chi connectivity index (χ2n) is 4.73. The minimum Gasteiger partial charge on any atom is -0.409 e. The summed E-state index contributed by atoms with van der Waals surface area (Å²) < 4.78 is 5.04. The molecule has 0 spiro atoms. The van der Waals surface area contributed by atoms with Crippen LogP contribution in [0.5, 0.6) is 0 Å². The van der Waals surface area contributed by atoms with Gasteiger partial charge < -0.3 is 20.6 Å². The van der Waals surface area contributed by atoms with Crippen LogP contribution in [0.4, 0.5) is 11.4 Å². The maximum absolute atomic E-state index is 11.3. The van der Waals surface area contributed by atoms with Crippen molar-refractivity contribution in [2.45, 2.75) is 19.9 Å². The zero-order valence-electron chi connectivity index (χ0n) is 12.3. The molecule has 0 unspecified atom stereocenters. The van der Waals surface area contributed by atoms with E-state index in [4.69, 9.17) is 15.7 Å². The van der Waals surface area contributed by atoms with Gasteiger partial charge >= 0.3 is 0 Å². The molecule has 3 N–H and O–H groups in total. The summed E-state index contributed by atoms with van der Waals surface area (Å²) in [4.78, 5) is 12.7. The number of nitrogens with zero attached hydrogens (tertiary/aromatic N) is 3. The Morgan fingerprint density at radius 1 is 1.57 bits per heavy atom. The molecule has 1 aromatic rings. The average Bonchev–Trinajstić information content (AvgIpc) is 2.46. The fourth-order valence-electron chi connectivity index (χ4n) is 1.98. The van der Waals surface area contributed by atoms with E-state index in [2.05, 4.69) is 5.16 Å². The van der Waals surface area contributed by atoms with Crippen molar-refractivity contribution < 1.29 is 14.9 Å². The number of amidine groups is 1. The van der Waals surface area contributed by atoms with E-state index in [0.717, 1.165) is 0 Å². The summed E-state index contributed by atoms with van der Waals surface area (Å²) in [5.74, 6) is -0.169. The summed E-state index contributed by atoms with van der Waals surface area (Å²) in [6, 6.07) is 4.54. The van der Waals surface area contributed by atoms with E-state index >= 15 is 0 Å². The number of rotatable bonds is 7. The highest BCUT2D eigenvalue weighted by atomic mass is 16.6. The molecule has 116 valence electrons. The first-order chi connectivity index (χ1) is 9.92. The number of nitrogens with two attached hydrogens (primary N) is 1. The lowest BCUT2D eigenvalue weighted by molar-refractivity contribution is -0.384. The number of anilines is 1. The number of oxime groups is 1. The van der Waals surface area contributed by atoms with E-state index < -0.39 is 4.92 Å². The van der Waals surface area contributed by atoms with Crippen molar-refractivity contribution in [1.29, 1.82) is 0 Å². The average molecular weight is 296 g/mol. The lowest BCUT2D eigenvalue weighted by atomic mass is 10.1. The Labute approximate surface area is 122 Å². The van der Waals surface area contributed by atoms with Gasteiger partial charge in [0.05, 0.1) is 11.5 Å². The molecule has 1 rings (SSSR count). The first-order valence-electron chi connectivity index (χ1n) is 6.44. The molecule has 0 aliphatic heterocycles. The molecule has 0 saturated carbocycles. The number of ether oxygens (including phenoxy) is 1. The summed E-state index contributed by atoms with van der Waals surface area (Å²) in [5.41, 5.74) is 6.15. The molecule has 21 heavy (non-hydrogen) atoms. The molecule has 0 atom stereocenters. The van der Waals surface area contributed by atoms with Crippen molar-refractivity contribution >= 4 is 17.2 Å². The SMILES string of the molecule is COCCN(c1ccc(/C(N)=N/O)cc1[N+](=O)[O-])C(C)C. The molecule has 0 amide bonds. The van der Waals surface area contributed by atoms with Gasteiger partial charge in [0.1, 0.15) is 5.69 Å². The van der Waals surface area contributed by atoms with Gasteiger partial charge in [0, 0.05) is 31.3 Å². The van der Waals surface area contributed by atoms with Gasteiger partial charge in [-0.1, -0.05) is 5.16 Å². The van der Waals surface area contributed by atoms with Crippen LogP contribution in [0.15, 0.2) is 23.4 Å². The van der Waals surface area contributed by atoms with E-state index in [-0.39, 0.29) is 17.6 Å². The zero-order valence-corrected chi connectivity index (χ0v) is 12.3. The molecule has 0 radical (unpaired) electrons. The Balaban J connectivity index is 3.29. The molecule has 8 nitrogen and oxygen atoms in total. The summed E-state index contributed by atoms with van der Waals surface area (Å²) in [5, 5.41) is 22.8. The molecule has 1 aromatic carbocycles. The molecule has 0 fully saturated rings. The van der Waals surface area contributed by atoms with Gasteiger partial charge in [0.15, 0.2) is 5.84 Å². The van der Waals surface area contributed by atoms with Crippen molar-refractivity contribution in [3.8, 4) is 0 Å². The fraction of sp³-hybridized carbons (Fsp3) is 0.462. The summed E-state index contributed by atoms with van der Waals surface area (Å²) in [6.45, 7) is 4.86. The molecule has 0 aromatic heterocycles. The van der Waals surface area contributed by atoms with Gasteiger partial charge in [-0.2, -0.15) is 0 Å². The van der Waals surface area contributed by atoms with Crippen LogP contribution in [-0.2, 0) is 4.74 Å². The number of benzene rings is 1. The predicted octanol–water partition coefficient (Wildman–Crippen LogP) is 1.55. The van der Waals surface area contributed by atoms with Crippen molar-refractivity contribution in [2.75, 3.05) is 25.2 Å². The summed E-state index contributed by atoms with van der Waals surface area (Å²) in [7, 11) is 1.58. The van der Waals surface area contributed by atoms with E-state index in [1.165, 1.54) is 6.07 Å². The van der Waals surface area contributed by atoms with Crippen LogP contribution in [0.3, 0.4) is 0 Å². The number of hydrogen-bond acceptors (Lipinski definition) is 6. The maximum atomic E-state index is 11.3. The predicted molar refractivity (Wildman–Crippen MR) is 80.0 cm³/mol. The first-order valence-corrected chi connectivity index (χ1v) is 6.44. The van der Waals surface area contributed by atoms with Crippen LogP contribution in [0.1, 0.15) is 19.4 Å². The van der Waals surface area contributed by atoms with Gasteiger partial charge in [-0.3, -0.25) is 10.1 Å². The standard InChI is InChI=1S/C13H20N4O4/c1-9(2)16(6-7-21-3)11-5-4-10(13(14)15-18)8-12(11)17(19)20/h4-5,8-9,18H,6-7H2,1-3H3,(H2,14,15). The minimum absolute atomic E-state index is 0.0635. The number of methoxy groups -OCH3 is 1. The van der Waals surface area contributed by atoms with Crippen LogP contribution < -0.4 is 10.6 Å². The molecule has 0 aliphatic rings. The maximum Gasteiger partial charge on any atom is 0.293 e. The van der Waals surface area contributed by atoms with E-state index in [1.54, 1.807) is 19.2 Å². The van der Waals surface area contributed by atoms with Crippen LogP contribution in [0.25, 0.3) is 0 Å². The topological polar surface area (TPSA) is 114 Å². The Bertz CT molecular complexity index is 531. The van der Waals surface area contributed by atoms with Gasteiger partial charge in [-0.05, 0) is 26.0 Å². The lowest BCUT2D eigenvalue weighted by Gasteiger charge is -2.28. The van der Waals surface area contributed by atoms with Crippen LogP contribution >= 0.6 is 0 Å². The molecule has 0 heterocycles. The molecular weight excluding hydrogens is 276 g/mol. The number of hydrogen-bond donors (Lipinski definition) is 2. The van der Waals surface area contributed by atoms with Crippen molar-refractivity contribution in [3.05, 3.63) is 33.9 Å². The molecule has 8 heteroatoms. The highest BCUT2D eigenvalue weighted by molar-refractivity contribution is 5.98. The van der Waals surface area contributed by atoms with Gasteiger partial charge in [0.25, 0.3) is 5.69 Å². The largest absolute Gasteiger partial charge is 0.409 e. The van der Waals surface area contributed by atoms with Crippen LogP contribution in [-0.4, -0.2) is 42.3 Å². The normalized spacial score (nSPS) is 11.7. The lowest BCUT2D eigenvalue weighted by Crippen LogP contribution is -2.34. The van der Waals surface area contributed by atoms with E-state index in [9.17, 15) is 10.1 Å². The highest BCUT2D eigenvalue weighted by Crippen LogP contribution is 2.30. The second kappa shape index (κ2) is 7.44. The van der Waals surface area contributed by atoms with Crippen LogP contribution in [0.2, 0.25) is 0 Å². The third kappa shape index (κ3) is 4.06. The van der Waals surface area contributed by atoms with Gasteiger partial charge in [0.2, 0.25) is 0 Å². The summed E-state index contributed by atoms with van der Waals surface area (Å²) >= 11 is 0. The first kappa shape index (κ1) is 16.7. The van der Waals surface area contributed by atoms with Crippen molar-refractivity contribution in [2.24, 2.45) is 10.9 Å². The molecule has 0 aliphatic carbocycles. The Morgan fingerprint density at radius 2 is 2.24 bits per heavy atom. The Kier molecular flexibility index (Phi) is 5.92. The van der Waals surface area contributed by atoms with E-state index in [0.29, 0.717) is 24.4 Å². The minimum atomic E-state index is -0.480. The van der Waals surface area contributed by atoms with E-state index in [1.807, 2.05) is 18.7 Å². The molecule has 0 saturated heterocycles. The molecular formula is C13H20N4O4. The third-order valence-electron chi connectivity index (χ3n) is 3.04. The zero-order chi connectivity index (χ0) is 16.0. The van der Waals surface area contributed by atoms with Crippen LogP contribution in [0, 0.1) is 10.1 Å². The van der Waals surface area contributed by atoms with Crippen molar-refractivity contribution in [3.63, 3.8) is 0 Å². The molecule has 0 bridgehead atoms. The van der Waals surface area contributed by atoms with Gasteiger partial charge in [-0.25, -0.2) is 0 Å².